The molecule has 0 radical (unpaired) electrons. The highest BCUT2D eigenvalue weighted by Crippen LogP contribution is 2.20. The Labute approximate surface area is 80.1 Å². The second kappa shape index (κ2) is 3.22. The van der Waals surface area contributed by atoms with Gasteiger partial charge in [-0.2, -0.15) is 0 Å². The van der Waals surface area contributed by atoms with Crippen LogP contribution in [0.4, 0.5) is 4.39 Å². The lowest BCUT2D eigenvalue weighted by molar-refractivity contribution is 0.282. The van der Waals surface area contributed by atoms with Crippen molar-refractivity contribution in [1.82, 2.24) is 0 Å². The first-order valence-corrected chi connectivity index (χ1v) is 4.17. The van der Waals surface area contributed by atoms with E-state index in [9.17, 15) is 4.39 Å². The maximum Gasteiger partial charge on any atom is 0.284 e. The van der Waals surface area contributed by atoms with Crippen molar-refractivity contribution in [2.24, 2.45) is 4.99 Å². The Hall–Kier alpha value is -1.29. The highest BCUT2D eigenvalue weighted by molar-refractivity contribution is 7.80. The summed E-state index contributed by atoms with van der Waals surface area (Å²) in [5.74, 6) is -0.285. The van der Waals surface area contributed by atoms with Gasteiger partial charge in [0, 0.05) is 5.56 Å². The van der Waals surface area contributed by atoms with Gasteiger partial charge in [0.2, 0.25) is 0 Å². The molecule has 66 valence electrons. The van der Waals surface area contributed by atoms with E-state index in [-0.39, 0.29) is 17.1 Å². The molecule has 0 fully saturated rings. The molecule has 1 aromatic rings. The van der Waals surface area contributed by atoms with Gasteiger partial charge in [-0.15, -0.1) is 0 Å². The third-order valence-corrected chi connectivity index (χ3v) is 1.92. The van der Waals surface area contributed by atoms with Crippen LogP contribution in [0.3, 0.4) is 0 Å². The molecule has 0 saturated heterocycles. The van der Waals surface area contributed by atoms with Crippen LogP contribution in [-0.2, 0) is 4.74 Å². The minimum Gasteiger partial charge on any atom is -0.455 e. The first-order valence-electron chi connectivity index (χ1n) is 3.76. The maximum absolute atomic E-state index is 12.8. The van der Waals surface area contributed by atoms with Crippen molar-refractivity contribution in [3.63, 3.8) is 0 Å². The van der Waals surface area contributed by atoms with Crippen LogP contribution in [0.5, 0.6) is 0 Å². The molecule has 0 amide bonds. The molecule has 1 heterocycles. The van der Waals surface area contributed by atoms with Crippen LogP contribution in [0.2, 0.25) is 0 Å². The summed E-state index contributed by atoms with van der Waals surface area (Å²) in [6, 6.07) is 6.19. The van der Waals surface area contributed by atoms with Gasteiger partial charge in [-0.1, -0.05) is 12.1 Å². The zero-order valence-corrected chi connectivity index (χ0v) is 7.42. The molecule has 1 aromatic carbocycles. The quantitative estimate of drug-likeness (QED) is 0.641. The van der Waals surface area contributed by atoms with Gasteiger partial charge >= 0.3 is 0 Å². The molecular formula is C9H6FNOS. The molecule has 0 N–H and O–H groups in total. The average molecular weight is 195 g/mol. The Balaban J connectivity index is 2.27. The zero-order valence-electron chi connectivity index (χ0n) is 6.61. The molecule has 0 aromatic heterocycles. The van der Waals surface area contributed by atoms with Crippen LogP contribution in [0.1, 0.15) is 11.7 Å². The lowest BCUT2D eigenvalue weighted by atomic mass is 10.1. The molecular weight excluding hydrogens is 189 g/mol. The van der Waals surface area contributed by atoms with Gasteiger partial charge in [0.25, 0.3) is 5.17 Å². The predicted molar refractivity (Wildman–Crippen MR) is 51.3 cm³/mol. The van der Waals surface area contributed by atoms with Crippen molar-refractivity contribution < 1.29 is 9.13 Å². The van der Waals surface area contributed by atoms with Gasteiger partial charge in [-0.05, 0) is 24.4 Å². The number of rotatable bonds is 1. The average Bonchev–Trinajstić information content (AvgIpc) is 2.52. The number of ether oxygens (including phenoxy) is 1. The van der Waals surface area contributed by atoms with E-state index < -0.39 is 0 Å². The number of aliphatic imine (C=N–C) groups is 1. The van der Waals surface area contributed by atoms with Crippen molar-refractivity contribution in [3.8, 4) is 0 Å². The summed E-state index contributed by atoms with van der Waals surface area (Å²) in [4.78, 5) is 3.79. The van der Waals surface area contributed by atoms with Gasteiger partial charge in [0.05, 0.1) is 6.21 Å². The van der Waals surface area contributed by atoms with Gasteiger partial charge in [0.15, 0.2) is 6.10 Å². The third-order valence-electron chi connectivity index (χ3n) is 1.72. The molecule has 0 spiro atoms. The smallest absolute Gasteiger partial charge is 0.284 e. The fourth-order valence-corrected chi connectivity index (χ4v) is 1.30. The van der Waals surface area contributed by atoms with Gasteiger partial charge in [0.1, 0.15) is 5.82 Å². The number of nitrogens with zero attached hydrogens (tertiary/aromatic N) is 1. The first kappa shape index (κ1) is 8.31. The predicted octanol–water partition coefficient (Wildman–Crippen LogP) is 2.25. The van der Waals surface area contributed by atoms with Crippen molar-refractivity contribution in [2.75, 3.05) is 0 Å². The minimum absolute atomic E-state index is 0.203. The minimum atomic E-state index is -0.330. The Morgan fingerprint density at radius 3 is 2.92 bits per heavy atom. The number of thiocarbonyl (C=S) groups is 1. The van der Waals surface area contributed by atoms with Crippen LogP contribution in [0, 0.1) is 5.82 Å². The third kappa shape index (κ3) is 1.72. The van der Waals surface area contributed by atoms with E-state index in [4.69, 9.17) is 17.0 Å². The topological polar surface area (TPSA) is 21.6 Å². The highest BCUT2D eigenvalue weighted by atomic mass is 32.1. The number of benzene rings is 1. The van der Waals surface area contributed by atoms with Gasteiger partial charge in [-0.3, -0.25) is 0 Å². The molecule has 0 saturated carbocycles. The lowest BCUT2D eigenvalue weighted by Crippen LogP contribution is -2.00. The Morgan fingerprint density at radius 2 is 2.31 bits per heavy atom. The molecule has 2 nitrogen and oxygen atoms in total. The fraction of sp³-hybridized carbons (Fsp3) is 0.111. The van der Waals surface area contributed by atoms with E-state index in [0.29, 0.717) is 0 Å². The molecule has 0 aliphatic carbocycles. The summed E-state index contributed by atoms with van der Waals surface area (Å²) in [6.45, 7) is 0. The molecule has 1 aliphatic heterocycles. The summed E-state index contributed by atoms with van der Waals surface area (Å²) in [5.41, 5.74) is 0.726. The number of halogens is 1. The zero-order chi connectivity index (χ0) is 9.26. The fourth-order valence-electron chi connectivity index (χ4n) is 1.14. The van der Waals surface area contributed by atoms with Crippen molar-refractivity contribution in [3.05, 3.63) is 35.6 Å². The van der Waals surface area contributed by atoms with E-state index in [1.807, 2.05) is 0 Å². The molecule has 1 atom stereocenters. The van der Waals surface area contributed by atoms with Crippen LogP contribution in [-0.4, -0.2) is 11.4 Å². The summed E-state index contributed by atoms with van der Waals surface area (Å²) in [7, 11) is 0. The molecule has 1 unspecified atom stereocenters. The standard InChI is InChI=1S/C9H6FNOS/c10-7-3-1-2-6(4-7)8-5-11-9(13)12-8/h1-5,8H. The largest absolute Gasteiger partial charge is 0.455 e. The number of hydrogen-bond acceptors (Lipinski definition) is 2. The van der Waals surface area contributed by atoms with Crippen LogP contribution >= 0.6 is 12.2 Å². The summed E-state index contributed by atoms with van der Waals surface area (Å²) < 4.78 is 17.9. The second-order valence-electron chi connectivity index (χ2n) is 2.64. The van der Waals surface area contributed by atoms with E-state index in [1.165, 1.54) is 12.1 Å². The highest BCUT2D eigenvalue weighted by Gasteiger charge is 2.17. The Kier molecular flexibility index (Phi) is 2.06. The van der Waals surface area contributed by atoms with Crippen LogP contribution in [0.25, 0.3) is 0 Å². The molecule has 4 heteroatoms. The first-order chi connectivity index (χ1) is 6.25. The Morgan fingerprint density at radius 1 is 1.46 bits per heavy atom. The van der Waals surface area contributed by atoms with Crippen molar-refractivity contribution in [2.45, 2.75) is 6.10 Å². The molecule has 0 bridgehead atoms. The van der Waals surface area contributed by atoms with Crippen LogP contribution in [0.15, 0.2) is 29.3 Å². The molecule has 13 heavy (non-hydrogen) atoms. The van der Waals surface area contributed by atoms with E-state index in [2.05, 4.69) is 4.99 Å². The van der Waals surface area contributed by atoms with Gasteiger partial charge in [-0.25, -0.2) is 9.38 Å². The lowest BCUT2D eigenvalue weighted by Gasteiger charge is -2.07. The summed E-state index contributed by atoms with van der Waals surface area (Å²) >= 11 is 4.72. The summed E-state index contributed by atoms with van der Waals surface area (Å²) in [5, 5.41) is 0.203. The van der Waals surface area contributed by atoms with E-state index >= 15 is 0 Å². The van der Waals surface area contributed by atoms with E-state index in [0.717, 1.165) is 5.56 Å². The maximum atomic E-state index is 12.8. The molecule has 1 aliphatic rings. The van der Waals surface area contributed by atoms with Crippen LogP contribution < -0.4 is 0 Å². The Bertz CT molecular complexity index is 378. The number of hydrogen-bond donors (Lipinski definition) is 0. The monoisotopic (exact) mass is 195 g/mol. The van der Waals surface area contributed by atoms with Gasteiger partial charge < -0.3 is 4.74 Å². The normalized spacial score (nSPS) is 20.4. The van der Waals surface area contributed by atoms with Crippen molar-refractivity contribution >= 4 is 23.6 Å². The second-order valence-corrected chi connectivity index (χ2v) is 2.99. The summed E-state index contributed by atoms with van der Waals surface area (Å²) in [6.07, 6.45) is 1.24. The van der Waals surface area contributed by atoms with E-state index in [1.54, 1.807) is 18.3 Å². The van der Waals surface area contributed by atoms with Crippen molar-refractivity contribution in [1.29, 1.82) is 0 Å². The molecule has 2 rings (SSSR count). The SMILES string of the molecule is Fc1cccc(C2C=NC(=S)O2)c1.